The first-order chi connectivity index (χ1) is 9.92. The number of rotatable bonds is 5. The van der Waals surface area contributed by atoms with E-state index < -0.39 is 0 Å². The van der Waals surface area contributed by atoms with Crippen molar-refractivity contribution in [3.05, 3.63) is 32.7 Å². The first-order valence-corrected chi connectivity index (χ1v) is 7.98. The van der Waals surface area contributed by atoms with E-state index in [1.165, 1.54) is 0 Å². The van der Waals surface area contributed by atoms with Crippen molar-refractivity contribution in [2.45, 2.75) is 39.7 Å². The highest BCUT2D eigenvalue weighted by molar-refractivity contribution is 7.16. The van der Waals surface area contributed by atoms with E-state index >= 15 is 0 Å². The molecular weight excluding hydrogens is 306 g/mol. The molecule has 0 spiro atoms. The molecule has 2 heterocycles. The fraction of sp³-hybridized carbons (Fsp3) is 0.429. The van der Waals surface area contributed by atoms with Gasteiger partial charge in [-0.15, -0.1) is 11.3 Å². The van der Waals surface area contributed by atoms with E-state index in [0.29, 0.717) is 5.82 Å². The van der Waals surface area contributed by atoms with Crippen LogP contribution >= 0.6 is 22.9 Å². The summed E-state index contributed by atoms with van der Waals surface area (Å²) in [7, 11) is 0. The minimum absolute atomic E-state index is 0.113. The summed E-state index contributed by atoms with van der Waals surface area (Å²) in [5.74, 6) is 7.97. The SMILES string of the molecule is Cc1c(NN)nc(C(C)C)nc1NC(C)c1ccc(Cl)s1. The van der Waals surface area contributed by atoms with Crippen LogP contribution in [0.25, 0.3) is 0 Å². The summed E-state index contributed by atoms with van der Waals surface area (Å²) >= 11 is 7.55. The monoisotopic (exact) mass is 325 g/mol. The molecule has 1 atom stereocenters. The summed E-state index contributed by atoms with van der Waals surface area (Å²) in [6.07, 6.45) is 0. The smallest absolute Gasteiger partial charge is 0.148 e. The van der Waals surface area contributed by atoms with Crippen molar-refractivity contribution >= 4 is 34.6 Å². The number of hydrogen-bond acceptors (Lipinski definition) is 6. The van der Waals surface area contributed by atoms with Gasteiger partial charge < -0.3 is 10.7 Å². The van der Waals surface area contributed by atoms with Gasteiger partial charge in [0.2, 0.25) is 0 Å². The number of nitrogens with two attached hydrogens (primary N) is 1. The minimum Gasteiger partial charge on any atom is -0.362 e. The average Bonchev–Trinajstić information content (AvgIpc) is 2.87. The normalized spacial score (nSPS) is 12.5. The van der Waals surface area contributed by atoms with Gasteiger partial charge in [0.25, 0.3) is 0 Å². The van der Waals surface area contributed by atoms with Crippen molar-refractivity contribution in [3.8, 4) is 0 Å². The molecule has 0 saturated heterocycles. The molecule has 2 aromatic heterocycles. The molecule has 2 aromatic rings. The fourth-order valence-electron chi connectivity index (χ4n) is 1.91. The van der Waals surface area contributed by atoms with Crippen LogP contribution in [0.4, 0.5) is 11.6 Å². The summed E-state index contributed by atoms with van der Waals surface area (Å²) in [6, 6.07) is 4.03. The van der Waals surface area contributed by atoms with Gasteiger partial charge in [0.1, 0.15) is 17.5 Å². The molecule has 0 bridgehead atoms. The third-order valence-corrected chi connectivity index (χ3v) is 4.60. The summed E-state index contributed by atoms with van der Waals surface area (Å²) in [4.78, 5) is 10.2. The quantitative estimate of drug-likeness (QED) is 0.570. The van der Waals surface area contributed by atoms with Gasteiger partial charge in [-0.3, -0.25) is 0 Å². The van der Waals surface area contributed by atoms with Crippen LogP contribution in [-0.2, 0) is 0 Å². The average molecular weight is 326 g/mol. The van der Waals surface area contributed by atoms with Gasteiger partial charge in [0, 0.05) is 16.4 Å². The van der Waals surface area contributed by atoms with Crippen molar-refractivity contribution in [1.29, 1.82) is 0 Å². The van der Waals surface area contributed by atoms with Gasteiger partial charge in [-0.25, -0.2) is 15.8 Å². The van der Waals surface area contributed by atoms with Crippen molar-refractivity contribution in [2.24, 2.45) is 5.84 Å². The van der Waals surface area contributed by atoms with Crippen molar-refractivity contribution in [3.63, 3.8) is 0 Å². The van der Waals surface area contributed by atoms with Gasteiger partial charge in [-0.05, 0) is 26.0 Å². The molecule has 1 unspecified atom stereocenters. The number of halogens is 1. The van der Waals surface area contributed by atoms with E-state index in [4.69, 9.17) is 17.4 Å². The molecule has 4 N–H and O–H groups in total. The molecule has 114 valence electrons. The Morgan fingerprint density at radius 2 is 1.86 bits per heavy atom. The number of nitrogens with one attached hydrogen (secondary N) is 2. The second-order valence-corrected chi connectivity index (χ2v) is 6.96. The van der Waals surface area contributed by atoms with Crippen molar-refractivity contribution in [2.75, 3.05) is 10.7 Å². The molecule has 0 radical (unpaired) electrons. The number of anilines is 2. The highest BCUT2D eigenvalue weighted by Gasteiger charge is 2.15. The Bertz CT molecular complexity index is 626. The van der Waals surface area contributed by atoms with Gasteiger partial charge in [0.15, 0.2) is 0 Å². The van der Waals surface area contributed by atoms with E-state index in [1.807, 2.05) is 19.1 Å². The molecule has 21 heavy (non-hydrogen) atoms. The predicted molar refractivity (Wildman–Crippen MR) is 90.0 cm³/mol. The maximum absolute atomic E-state index is 5.99. The standard InChI is InChI=1S/C14H20ClN5S/c1-7(2)12-18-13(8(3)14(19-12)20-16)17-9(4)10-5-6-11(15)21-10/h5-7,9H,16H2,1-4H3,(H2,17,18,19,20). The first kappa shape index (κ1) is 16.0. The van der Waals surface area contributed by atoms with Gasteiger partial charge in [-0.2, -0.15) is 0 Å². The van der Waals surface area contributed by atoms with Crippen LogP contribution in [0, 0.1) is 6.92 Å². The summed E-state index contributed by atoms with van der Waals surface area (Å²) in [5, 5.41) is 3.41. The molecule has 0 aliphatic carbocycles. The lowest BCUT2D eigenvalue weighted by atomic mass is 10.2. The number of nitrogen functional groups attached to an aromatic ring is 1. The van der Waals surface area contributed by atoms with Crippen LogP contribution in [0.5, 0.6) is 0 Å². The summed E-state index contributed by atoms with van der Waals surface area (Å²) in [6.45, 7) is 8.12. The lowest BCUT2D eigenvalue weighted by Crippen LogP contribution is -2.16. The summed E-state index contributed by atoms with van der Waals surface area (Å²) in [5.41, 5.74) is 3.54. The fourth-order valence-corrected chi connectivity index (χ4v) is 2.97. The second-order valence-electron chi connectivity index (χ2n) is 5.21. The van der Waals surface area contributed by atoms with Crippen molar-refractivity contribution < 1.29 is 0 Å². The third kappa shape index (κ3) is 3.64. The lowest BCUT2D eigenvalue weighted by Gasteiger charge is -2.18. The van der Waals surface area contributed by atoms with Crippen LogP contribution in [0.3, 0.4) is 0 Å². The zero-order chi connectivity index (χ0) is 15.6. The molecule has 2 rings (SSSR count). The Kier molecular flexibility index (Phi) is 5.03. The number of aromatic nitrogens is 2. The molecule has 0 aromatic carbocycles. The molecule has 0 saturated carbocycles. The largest absolute Gasteiger partial charge is 0.362 e. The van der Waals surface area contributed by atoms with Crippen LogP contribution in [0.1, 0.15) is 49.0 Å². The van der Waals surface area contributed by atoms with Crippen LogP contribution in [0.2, 0.25) is 4.34 Å². The van der Waals surface area contributed by atoms with Crippen molar-refractivity contribution in [1.82, 2.24) is 9.97 Å². The number of hydrogen-bond donors (Lipinski definition) is 3. The molecule has 7 heteroatoms. The van der Waals surface area contributed by atoms with Crippen LogP contribution in [-0.4, -0.2) is 9.97 Å². The summed E-state index contributed by atoms with van der Waals surface area (Å²) < 4.78 is 0.783. The van der Waals surface area contributed by atoms with Crippen LogP contribution < -0.4 is 16.6 Å². The molecular formula is C14H20ClN5S. The second kappa shape index (κ2) is 6.60. The van der Waals surface area contributed by atoms with E-state index in [9.17, 15) is 0 Å². The van der Waals surface area contributed by atoms with Gasteiger partial charge in [0.05, 0.1) is 10.4 Å². The van der Waals surface area contributed by atoms with E-state index in [-0.39, 0.29) is 12.0 Å². The molecule has 0 aliphatic rings. The Hall–Kier alpha value is -1.37. The van der Waals surface area contributed by atoms with Crippen LogP contribution in [0.15, 0.2) is 12.1 Å². The highest BCUT2D eigenvalue weighted by atomic mass is 35.5. The molecule has 5 nitrogen and oxygen atoms in total. The highest BCUT2D eigenvalue weighted by Crippen LogP contribution is 2.30. The Balaban J connectivity index is 2.32. The Morgan fingerprint density at radius 3 is 2.38 bits per heavy atom. The zero-order valence-corrected chi connectivity index (χ0v) is 14.1. The molecule has 0 fully saturated rings. The topological polar surface area (TPSA) is 75.9 Å². The van der Waals surface area contributed by atoms with E-state index in [0.717, 1.165) is 26.4 Å². The predicted octanol–water partition coefficient (Wildman–Crippen LogP) is 4.08. The minimum atomic E-state index is 0.113. The Morgan fingerprint density at radius 1 is 1.19 bits per heavy atom. The number of thiophene rings is 1. The van der Waals surface area contributed by atoms with Gasteiger partial charge >= 0.3 is 0 Å². The maximum Gasteiger partial charge on any atom is 0.148 e. The number of hydrazine groups is 1. The van der Waals surface area contributed by atoms with E-state index in [2.05, 4.69) is 41.5 Å². The first-order valence-electron chi connectivity index (χ1n) is 6.79. The Labute approximate surface area is 133 Å². The maximum atomic E-state index is 5.99. The molecule has 0 aliphatic heterocycles. The zero-order valence-electron chi connectivity index (χ0n) is 12.6. The molecule has 0 amide bonds. The van der Waals surface area contributed by atoms with Gasteiger partial charge in [-0.1, -0.05) is 25.4 Å². The van der Waals surface area contributed by atoms with E-state index in [1.54, 1.807) is 11.3 Å². The lowest BCUT2D eigenvalue weighted by molar-refractivity contribution is 0.767. The number of nitrogens with zero attached hydrogens (tertiary/aromatic N) is 2. The third-order valence-electron chi connectivity index (χ3n) is 3.19.